The highest BCUT2D eigenvalue weighted by Gasteiger charge is 2.36. The van der Waals surface area contributed by atoms with E-state index >= 15 is 0 Å². The molecule has 6 heteroatoms. The van der Waals surface area contributed by atoms with Gasteiger partial charge in [0.15, 0.2) is 5.76 Å². The Morgan fingerprint density at radius 2 is 2.10 bits per heavy atom. The number of ether oxygens (including phenoxy) is 4. The van der Waals surface area contributed by atoms with E-state index in [-0.39, 0.29) is 11.9 Å². The van der Waals surface area contributed by atoms with Crippen molar-refractivity contribution in [3.05, 3.63) is 58.3 Å². The number of nitrogens with zero attached hydrogens (tertiary/aromatic N) is 1. The molecule has 1 unspecified atom stereocenters. The number of carbonyl (C=O) groups excluding carboxylic acids is 1. The summed E-state index contributed by atoms with van der Waals surface area (Å²) in [5.74, 6) is 2.45. The van der Waals surface area contributed by atoms with Crippen LogP contribution in [0.2, 0.25) is 0 Å². The van der Waals surface area contributed by atoms with E-state index in [1.165, 1.54) is 0 Å². The molecule has 0 saturated carbocycles. The quantitative estimate of drug-likeness (QED) is 0.716. The number of hydrogen-bond donors (Lipinski definition) is 0. The van der Waals surface area contributed by atoms with Crippen molar-refractivity contribution in [1.82, 2.24) is 4.90 Å². The van der Waals surface area contributed by atoms with Gasteiger partial charge < -0.3 is 18.9 Å². The minimum atomic E-state index is -0.0858. The first-order chi connectivity index (χ1) is 14.6. The van der Waals surface area contributed by atoms with Crippen molar-refractivity contribution in [2.75, 3.05) is 27.0 Å². The summed E-state index contributed by atoms with van der Waals surface area (Å²) in [6.45, 7) is 4.79. The lowest BCUT2D eigenvalue weighted by Crippen LogP contribution is -2.37. The molecule has 2 aromatic carbocycles. The summed E-state index contributed by atoms with van der Waals surface area (Å²) < 4.78 is 23.1. The average molecular weight is 407 g/mol. The largest absolute Gasteiger partial charge is 0.497 e. The van der Waals surface area contributed by atoms with E-state index in [0.29, 0.717) is 30.3 Å². The second-order valence-corrected chi connectivity index (χ2v) is 8.01. The van der Waals surface area contributed by atoms with E-state index in [4.69, 9.17) is 18.9 Å². The molecule has 3 aliphatic heterocycles. The molecule has 0 aliphatic carbocycles. The molecule has 5 rings (SSSR count). The molecule has 6 nitrogen and oxygen atoms in total. The SMILES string of the molecule is COc1ccc(/C=C2\Oc3c4c(cc(C)c3C2=O)OCN(CC2CCCO2)C4)cc1. The van der Waals surface area contributed by atoms with Gasteiger partial charge in [-0.3, -0.25) is 9.69 Å². The Balaban J connectivity index is 1.43. The monoisotopic (exact) mass is 407 g/mol. The van der Waals surface area contributed by atoms with E-state index < -0.39 is 0 Å². The van der Waals surface area contributed by atoms with Crippen LogP contribution in [0.4, 0.5) is 0 Å². The molecule has 0 radical (unpaired) electrons. The zero-order chi connectivity index (χ0) is 20.7. The first-order valence-corrected chi connectivity index (χ1v) is 10.3. The minimum absolute atomic E-state index is 0.0858. The van der Waals surface area contributed by atoms with E-state index in [0.717, 1.165) is 54.2 Å². The third kappa shape index (κ3) is 3.46. The predicted octanol–water partition coefficient (Wildman–Crippen LogP) is 3.95. The number of aryl methyl sites for hydroxylation is 1. The summed E-state index contributed by atoms with van der Waals surface area (Å²) in [5.41, 5.74) is 3.33. The highest BCUT2D eigenvalue weighted by Crippen LogP contribution is 2.44. The van der Waals surface area contributed by atoms with Gasteiger partial charge in [0.1, 0.15) is 24.0 Å². The first-order valence-electron chi connectivity index (χ1n) is 10.3. The summed E-state index contributed by atoms with van der Waals surface area (Å²) in [7, 11) is 1.63. The molecule has 3 heterocycles. The fraction of sp³-hybridized carbons (Fsp3) is 0.375. The van der Waals surface area contributed by atoms with E-state index in [1.807, 2.05) is 37.3 Å². The molecule has 3 aliphatic rings. The van der Waals surface area contributed by atoms with Crippen molar-refractivity contribution in [3.8, 4) is 17.2 Å². The Morgan fingerprint density at radius 3 is 2.83 bits per heavy atom. The van der Waals surface area contributed by atoms with Gasteiger partial charge in [0.05, 0.1) is 24.3 Å². The van der Waals surface area contributed by atoms with Crippen LogP contribution in [0.3, 0.4) is 0 Å². The Bertz CT molecular complexity index is 1010. The maximum absolute atomic E-state index is 13.1. The third-order valence-electron chi connectivity index (χ3n) is 5.89. The molecule has 0 spiro atoms. The Labute approximate surface area is 176 Å². The summed E-state index contributed by atoms with van der Waals surface area (Å²) >= 11 is 0. The normalized spacial score (nSPS) is 21.9. The minimum Gasteiger partial charge on any atom is -0.497 e. The van der Waals surface area contributed by atoms with Crippen LogP contribution in [0.25, 0.3) is 6.08 Å². The average Bonchev–Trinajstić information content (AvgIpc) is 3.38. The smallest absolute Gasteiger partial charge is 0.232 e. The van der Waals surface area contributed by atoms with Crippen LogP contribution in [0.15, 0.2) is 36.1 Å². The lowest BCUT2D eigenvalue weighted by molar-refractivity contribution is 0.0273. The van der Waals surface area contributed by atoms with E-state index in [1.54, 1.807) is 13.2 Å². The molecule has 156 valence electrons. The molecular weight excluding hydrogens is 382 g/mol. The Morgan fingerprint density at radius 1 is 1.27 bits per heavy atom. The van der Waals surface area contributed by atoms with Gasteiger partial charge in [0.25, 0.3) is 0 Å². The standard InChI is InChI=1S/C24H25NO5/c1-15-10-20-19(13-25(14-29-20)12-18-4-3-9-28-18)24-22(15)23(26)21(30-24)11-16-5-7-17(27-2)8-6-16/h5-8,10-11,18H,3-4,9,12-14H2,1-2H3/b21-11-. The van der Waals surface area contributed by atoms with Gasteiger partial charge in [-0.25, -0.2) is 0 Å². The number of ketones is 1. The first kappa shape index (κ1) is 19.2. The van der Waals surface area contributed by atoms with Crippen LogP contribution >= 0.6 is 0 Å². The topological polar surface area (TPSA) is 57.2 Å². The van der Waals surface area contributed by atoms with Gasteiger partial charge in [-0.2, -0.15) is 0 Å². The zero-order valence-corrected chi connectivity index (χ0v) is 17.3. The number of benzene rings is 2. The van der Waals surface area contributed by atoms with Crippen molar-refractivity contribution in [2.24, 2.45) is 0 Å². The molecule has 1 saturated heterocycles. The number of rotatable bonds is 4. The van der Waals surface area contributed by atoms with Crippen LogP contribution < -0.4 is 14.2 Å². The maximum atomic E-state index is 13.1. The van der Waals surface area contributed by atoms with E-state index in [9.17, 15) is 4.79 Å². The van der Waals surface area contributed by atoms with Crippen LogP contribution in [-0.4, -0.2) is 43.8 Å². The second kappa shape index (κ2) is 7.78. The Kier molecular flexibility index (Phi) is 4.97. The molecule has 1 fully saturated rings. The third-order valence-corrected chi connectivity index (χ3v) is 5.89. The summed E-state index contributed by atoms with van der Waals surface area (Å²) in [6.07, 6.45) is 4.23. The molecule has 0 amide bonds. The lowest BCUT2D eigenvalue weighted by atomic mass is 9.98. The van der Waals surface area contributed by atoms with Gasteiger partial charge in [-0.1, -0.05) is 12.1 Å². The van der Waals surface area contributed by atoms with Crippen LogP contribution in [0.5, 0.6) is 17.2 Å². The molecule has 0 bridgehead atoms. The van der Waals surface area contributed by atoms with Crippen LogP contribution in [0.1, 0.15) is 39.9 Å². The van der Waals surface area contributed by atoms with Crippen molar-refractivity contribution in [2.45, 2.75) is 32.4 Å². The highest BCUT2D eigenvalue weighted by atomic mass is 16.5. The van der Waals surface area contributed by atoms with Gasteiger partial charge in [-0.05, 0) is 55.2 Å². The molecule has 2 aromatic rings. The van der Waals surface area contributed by atoms with Crippen molar-refractivity contribution < 1.29 is 23.7 Å². The van der Waals surface area contributed by atoms with Crippen molar-refractivity contribution in [1.29, 1.82) is 0 Å². The summed E-state index contributed by atoms with van der Waals surface area (Å²) in [6, 6.07) is 9.49. The number of Topliss-reactive ketones (excluding diaryl/α,β-unsaturated/α-hetero) is 1. The predicted molar refractivity (Wildman–Crippen MR) is 112 cm³/mol. The van der Waals surface area contributed by atoms with Crippen molar-refractivity contribution >= 4 is 11.9 Å². The number of hydrogen-bond acceptors (Lipinski definition) is 6. The van der Waals surface area contributed by atoms with Crippen molar-refractivity contribution in [3.63, 3.8) is 0 Å². The van der Waals surface area contributed by atoms with Gasteiger partial charge in [0, 0.05) is 19.7 Å². The number of methoxy groups -OCH3 is 1. The molecular formula is C24H25NO5. The molecule has 1 atom stereocenters. The fourth-order valence-corrected chi connectivity index (χ4v) is 4.32. The van der Waals surface area contributed by atoms with Crippen LogP contribution in [0, 0.1) is 6.92 Å². The number of carbonyl (C=O) groups is 1. The Hall–Kier alpha value is -2.83. The van der Waals surface area contributed by atoms with Gasteiger partial charge >= 0.3 is 0 Å². The summed E-state index contributed by atoms with van der Waals surface area (Å²) in [4.78, 5) is 15.3. The lowest BCUT2D eigenvalue weighted by Gasteiger charge is -2.31. The molecule has 0 aromatic heterocycles. The molecule has 30 heavy (non-hydrogen) atoms. The molecule has 0 N–H and O–H groups in total. The second-order valence-electron chi connectivity index (χ2n) is 8.01. The number of allylic oxidation sites excluding steroid dienone is 1. The van der Waals surface area contributed by atoms with Gasteiger partial charge in [0.2, 0.25) is 5.78 Å². The summed E-state index contributed by atoms with van der Waals surface area (Å²) in [5, 5.41) is 0. The van der Waals surface area contributed by atoms with Crippen LogP contribution in [-0.2, 0) is 11.3 Å². The zero-order valence-electron chi connectivity index (χ0n) is 17.3. The fourth-order valence-electron chi connectivity index (χ4n) is 4.32. The highest BCUT2D eigenvalue weighted by molar-refractivity contribution is 6.15. The van der Waals surface area contributed by atoms with Gasteiger partial charge in [-0.15, -0.1) is 0 Å². The van der Waals surface area contributed by atoms with E-state index in [2.05, 4.69) is 4.90 Å². The number of fused-ring (bicyclic) bond motifs is 3. The maximum Gasteiger partial charge on any atom is 0.232 e.